The lowest BCUT2D eigenvalue weighted by Crippen LogP contribution is -2.49. The zero-order chi connectivity index (χ0) is 14.8. The summed E-state index contributed by atoms with van der Waals surface area (Å²) < 4.78 is 1.89. The summed E-state index contributed by atoms with van der Waals surface area (Å²) in [5, 5.41) is 8.94. The van der Waals surface area contributed by atoms with Crippen LogP contribution in [-0.2, 0) is 20.0 Å². The van der Waals surface area contributed by atoms with Gasteiger partial charge in [-0.3, -0.25) is 4.68 Å². The molecule has 1 aliphatic rings. The van der Waals surface area contributed by atoms with E-state index in [1.807, 2.05) is 11.7 Å². The normalized spacial score (nSPS) is 26.9. The van der Waals surface area contributed by atoms with Gasteiger partial charge in [0.15, 0.2) is 0 Å². The molecule has 2 rings (SSSR count). The van der Waals surface area contributed by atoms with Crippen molar-refractivity contribution in [2.75, 3.05) is 5.88 Å². The average Bonchev–Trinajstić information content (AvgIpc) is 2.71. The van der Waals surface area contributed by atoms with Crippen molar-refractivity contribution in [3.63, 3.8) is 0 Å². The lowest BCUT2D eigenvalue weighted by Gasteiger charge is -2.39. The molecule has 0 radical (unpaired) electrons. The number of hydrogen-bond acceptors (Lipinski definition) is 2. The van der Waals surface area contributed by atoms with Gasteiger partial charge in [-0.15, -0.1) is 11.6 Å². The lowest BCUT2D eigenvalue weighted by atomic mass is 9.77. The van der Waals surface area contributed by atoms with E-state index in [9.17, 15) is 0 Å². The lowest BCUT2D eigenvalue weighted by molar-refractivity contribution is 0.206. The Morgan fingerprint density at radius 2 is 2.25 bits per heavy atom. The third kappa shape index (κ3) is 3.32. The van der Waals surface area contributed by atoms with Crippen molar-refractivity contribution in [1.82, 2.24) is 15.1 Å². The van der Waals surface area contributed by atoms with E-state index in [2.05, 4.69) is 24.3 Å². The summed E-state index contributed by atoms with van der Waals surface area (Å²) in [7, 11) is 1.96. The highest BCUT2D eigenvalue weighted by molar-refractivity contribution is 6.31. The van der Waals surface area contributed by atoms with Crippen LogP contribution in [0.5, 0.6) is 0 Å². The number of nitrogens with zero attached hydrogens (tertiary/aromatic N) is 2. The second kappa shape index (κ2) is 6.67. The molecule has 1 N–H and O–H groups in total. The van der Waals surface area contributed by atoms with Crippen molar-refractivity contribution in [1.29, 1.82) is 0 Å². The van der Waals surface area contributed by atoms with E-state index in [1.165, 1.54) is 12.8 Å². The molecule has 1 saturated carbocycles. The van der Waals surface area contributed by atoms with E-state index in [-0.39, 0.29) is 5.54 Å². The Morgan fingerprint density at radius 3 is 2.80 bits per heavy atom. The van der Waals surface area contributed by atoms with E-state index in [0.717, 1.165) is 48.1 Å². The van der Waals surface area contributed by atoms with E-state index in [1.54, 1.807) is 0 Å². The van der Waals surface area contributed by atoms with Gasteiger partial charge >= 0.3 is 0 Å². The minimum Gasteiger partial charge on any atom is -0.304 e. The van der Waals surface area contributed by atoms with Crippen molar-refractivity contribution >= 4 is 23.2 Å². The molecular formula is C15H25Cl2N3. The van der Waals surface area contributed by atoms with Crippen LogP contribution < -0.4 is 5.32 Å². The quantitative estimate of drug-likeness (QED) is 0.834. The molecule has 2 atom stereocenters. The highest BCUT2D eigenvalue weighted by Gasteiger charge is 2.34. The molecule has 1 aromatic rings. The summed E-state index contributed by atoms with van der Waals surface area (Å²) in [6.07, 6.45) is 5.72. The van der Waals surface area contributed by atoms with E-state index in [4.69, 9.17) is 23.2 Å². The Morgan fingerprint density at radius 1 is 1.50 bits per heavy atom. The number of rotatable bonds is 5. The fourth-order valence-electron chi connectivity index (χ4n) is 3.27. The van der Waals surface area contributed by atoms with Gasteiger partial charge in [0, 0.05) is 25.0 Å². The summed E-state index contributed by atoms with van der Waals surface area (Å²) in [5.74, 6) is 1.40. The molecule has 0 saturated heterocycles. The van der Waals surface area contributed by atoms with Crippen molar-refractivity contribution in [2.24, 2.45) is 13.0 Å². The summed E-state index contributed by atoms with van der Waals surface area (Å²) in [4.78, 5) is 0. The second-order valence-corrected chi connectivity index (χ2v) is 6.80. The predicted octanol–water partition coefficient (Wildman–Crippen LogP) is 3.91. The van der Waals surface area contributed by atoms with Crippen LogP contribution in [0.2, 0.25) is 5.02 Å². The number of alkyl halides is 1. The van der Waals surface area contributed by atoms with Gasteiger partial charge in [0.1, 0.15) is 0 Å². The zero-order valence-corrected chi connectivity index (χ0v) is 14.2. The smallest absolute Gasteiger partial charge is 0.0863 e. The van der Waals surface area contributed by atoms with Crippen molar-refractivity contribution in [3.05, 3.63) is 16.4 Å². The predicted molar refractivity (Wildman–Crippen MR) is 85.5 cm³/mol. The minimum atomic E-state index is 0.0548. The first-order chi connectivity index (χ1) is 9.51. The Bertz CT molecular complexity index is 458. The third-order valence-corrected chi connectivity index (χ3v) is 5.43. The summed E-state index contributed by atoms with van der Waals surface area (Å²) in [5.41, 5.74) is 2.09. The van der Waals surface area contributed by atoms with Crippen LogP contribution in [0.4, 0.5) is 0 Å². The molecule has 1 aromatic heterocycles. The van der Waals surface area contributed by atoms with Gasteiger partial charge in [0.05, 0.1) is 16.4 Å². The van der Waals surface area contributed by atoms with Gasteiger partial charge in [-0.25, -0.2) is 0 Å². The highest BCUT2D eigenvalue weighted by atomic mass is 35.5. The molecule has 1 fully saturated rings. The molecule has 20 heavy (non-hydrogen) atoms. The Kier molecular flexibility index (Phi) is 5.38. The maximum absolute atomic E-state index is 6.41. The number of aromatic nitrogens is 2. The first-order valence-corrected chi connectivity index (χ1v) is 8.44. The molecule has 1 aliphatic carbocycles. The van der Waals surface area contributed by atoms with Gasteiger partial charge in [0.2, 0.25) is 0 Å². The van der Waals surface area contributed by atoms with E-state index < -0.39 is 0 Å². The molecular weight excluding hydrogens is 293 g/mol. The van der Waals surface area contributed by atoms with Gasteiger partial charge in [-0.05, 0) is 25.2 Å². The fraction of sp³-hybridized carbons (Fsp3) is 0.800. The molecule has 3 nitrogen and oxygen atoms in total. The first-order valence-electron chi connectivity index (χ1n) is 7.52. The molecule has 0 amide bonds. The van der Waals surface area contributed by atoms with Crippen molar-refractivity contribution < 1.29 is 0 Å². The average molecular weight is 318 g/mol. The van der Waals surface area contributed by atoms with Gasteiger partial charge in [-0.2, -0.15) is 5.10 Å². The van der Waals surface area contributed by atoms with Gasteiger partial charge in [0.25, 0.3) is 0 Å². The summed E-state index contributed by atoms with van der Waals surface area (Å²) >= 11 is 12.7. The Labute approximate surface area is 132 Å². The van der Waals surface area contributed by atoms with E-state index in [0.29, 0.717) is 5.88 Å². The van der Waals surface area contributed by atoms with Crippen LogP contribution in [0, 0.1) is 5.92 Å². The Hall–Kier alpha value is -0.250. The standard InChI is InChI=1S/C15H25Cl2N3/c1-4-12-14(17)13(20(3)19-12)9-18-15(10-16)7-5-6-11(2)8-15/h11,18H,4-10H2,1-3H3. The third-order valence-electron chi connectivity index (χ3n) is 4.48. The molecule has 0 spiro atoms. The van der Waals surface area contributed by atoms with Gasteiger partial charge in [-0.1, -0.05) is 38.3 Å². The van der Waals surface area contributed by atoms with E-state index >= 15 is 0 Å². The second-order valence-electron chi connectivity index (χ2n) is 6.15. The van der Waals surface area contributed by atoms with Crippen molar-refractivity contribution in [2.45, 2.75) is 58.0 Å². The van der Waals surface area contributed by atoms with Crippen molar-refractivity contribution in [3.8, 4) is 0 Å². The molecule has 5 heteroatoms. The number of aryl methyl sites for hydroxylation is 2. The van der Waals surface area contributed by atoms with Crippen LogP contribution >= 0.6 is 23.2 Å². The molecule has 1 heterocycles. The van der Waals surface area contributed by atoms with Crippen LogP contribution in [0.1, 0.15) is 50.9 Å². The first kappa shape index (κ1) is 16.1. The van der Waals surface area contributed by atoms with Crippen LogP contribution in [0.15, 0.2) is 0 Å². The monoisotopic (exact) mass is 317 g/mol. The summed E-state index contributed by atoms with van der Waals surface area (Å²) in [6, 6.07) is 0. The fourth-order valence-corrected chi connectivity index (χ4v) is 3.97. The zero-order valence-electron chi connectivity index (χ0n) is 12.7. The molecule has 2 unspecified atom stereocenters. The molecule has 0 aliphatic heterocycles. The number of halogens is 2. The van der Waals surface area contributed by atoms with Crippen LogP contribution in [-0.4, -0.2) is 21.2 Å². The number of hydrogen-bond donors (Lipinski definition) is 1. The SMILES string of the molecule is CCc1nn(C)c(CNC2(CCl)CCCC(C)C2)c1Cl. The maximum atomic E-state index is 6.41. The summed E-state index contributed by atoms with van der Waals surface area (Å²) in [6.45, 7) is 5.13. The Balaban J connectivity index is 2.08. The molecule has 0 bridgehead atoms. The van der Waals surface area contributed by atoms with Crippen LogP contribution in [0.25, 0.3) is 0 Å². The number of nitrogens with one attached hydrogen (secondary N) is 1. The van der Waals surface area contributed by atoms with Crippen LogP contribution in [0.3, 0.4) is 0 Å². The molecule has 114 valence electrons. The topological polar surface area (TPSA) is 29.9 Å². The highest BCUT2D eigenvalue weighted by Crippen LogP contribution is 2.34. The molecule has 0 aromatic carbocycles. The largest absolute Gasteiger partial charge is 0.304 e. The maximum Gasteiger partial charge on any atom is 0.0863 e. The minimum absolute atomic E-state index is 0.0548. The van der Waals surface area contributed by atoms with Gasteiger partial charge < -0.3 is 5.32 Å².